The zero-order valence-corrected chi connectivity index (χ0v) is 13.7. The maximum absolute atomic E-state index is 10.8. The summed E-state index contributed by atoms with van der Waals surface area (Å²) in [6.45, 7) is 5.24. The Morgan fingerprint density at radius 3 is 1.13 bits per heavy atom. The van der Waals surface area contributed by atoms with Crippen LogP contribution in [0, 0.1) is 0 Å². The van der Waals surface area contributed by atoms with E-state index in [1.165, 1.54) is 0 Å². The zero-order valence-electron chi connectivity index (χ0n) is 13.7. The van der Waals surface area contributed by atoms with Crippen LogP contribution in [0.15, 0.2) is 0 Å². The van der Waals surface area contributed by atoms with Gasteiger partial charge in [-0.25, -0.2) is 0 Å². The van der Waals surface area contributed by atoms with Crippen molar-refractivity contribution in [1.29, 1.82) is 0 Å². The van der Waals surface area contributed by atoms with Gasteiger partial charge in [0.25, 0.3) is 0 Å². The van der Waals surface area contributed by atoms with E-state index in [4.69, 9.17) is 0 Å². The van der Waals surface area contributed by atoms with Crippen molar-refractivity contribution >= 4 is 17.9 Å². The van der Waals surface area contributed by atoms with Gasteiger partial charge in [0.15, 0.2) is 0 Å². The molecule has 0 rings (SSSR count). The lowest BCUT2D eigenvalue weighted by Gasteiger charge is -2.29. The van der Waals surface area contributed by atoms with Gasteiger partial charge in [-0.05, 0) is 13.1 Å². The first-order chi connectivity index (χ1) is 10.8. The van der Waals surface area contributed by atoms with E-state index in [0.717, 1.165) is 0 Å². The van der Waals surface area contributed by atoms with Crippen molar-refractivity contribution in [3.8, 4) is 0 Å². The zero-order chi connectivity index (χ0) is 17.8. The first-order valence-corrected chi connectivity index (χ1v) is 7.55. The molecule has 9 heteroatoms. The van der Waals surface area contributed by atoms with Crippen LogP contribution in [-0.2, 0) is 14.4 Å². The molecule has 23 heavy (non-hydrogen) atoms. The van der Waals surface area contributed by atoms with E-state index >= 15 is 0 Å². The summed E-state index contributed by atoms with van der Waals surface area (Å²) in [7, 11) is 0. The Morgan fingerprint density at radius 2 is 0.870 bits per heavy atom. The van der Waals surface area contributed by atoms with Gasteiger partial charge in [-0.3, -0.25) is 14.7 Å². The van der Waals surface area contributed by atoms with Crippen LogP contribution in [-0.4, -0.2) is 91.5 Å². The summed E-state index contributed by atoms with van der Waals surface area (Å²) in [6, 6.07) is 0. The summed E-state index contributed by atoms with van der Waals surface area (Å²) in [5.74, 6) is -3.62. The minimum absolute atomic E-state index is 0.221. The molecular formula is C14H24N3O6-3. The molecule has 0 N–H and O–H groups in total. The third kappa shape index (κ3) is 11.5. The van der Waals surface area contributed by atoms with Crippen LogP contribution in [0.4, 0.5) is 0 Å². The lowest BCUT2D eigenvalue weighted by Crippen LogP contribution is -2.47. The number of aliphatic carboxylic acids is 3. The Balaban J connectivity index is 4.47. The summed E-state index contributed by atoms with van der Waals surface area (Å²) in [5.41, 5.74) is 0. The highest BCUT2D eigenvalue weighted by molar-refractivity contribution is 5.67. The van der Waals surface area contributed by atoms with E-state index in [1.54, 1.807) is 28.5 Å². The van der Waals surface area contributed by atoms with E-state index in [9.17, 15) is 29.7 Å². The van der Waals surface area contributed by atoms with Crippen molar-refractivity contribution in [3.05, 3.63) is 0 Å². The fraction of sp³-hybridized carbons (Fsp3) is 0.786. The van der Waals surface area contributed by atoms with Crippen molar-refractivity contribution in [2.45, 2.75) is 13.8 Å². The molecule has 0 bridgehead atoms. The fourth-order valence-corrected chi connectivity index (χ4v) is 2.08. The van der Waals surface area contributed by atoms with Crippen molar-refractivity contribution in [2.24, 2.45) is 0 Å². The summed E-state index contributed by atoms with van der Waals surface area (Å²) in [6.07, 6.45) is 0. The maximum atomic E-state index is 10.8. The number of likely N-dealkylation sites (N-methyl/N-ethyl adjacent to an activating group) is 2. The van der Waals surface area contributed by atoms with Crippen molar-refractivity contribution < 1.29 is 29.7 Å². The van der Waals surface area contributed by atoms with E-state index in [-0.39, 0.29) is 19.6 Å². The number of carbonyl (C=O) groups is 3. The molecule has 0 aliphatic carbocycles. The minimum atomic E-state index is -1.24. The summed E-state index contributed by atoms with van der Waals surface area (Å²) < 4.78 is 0. The molecular weight excluding hydrogens is 306 g/mol. The monoisotopic (exact) mass is 330 g/mol. The molecule has 0 unspecified atom stereocenters. The second-order valence-electron chi connectivity index (χ2n) is 5.13. The van der Waals surface area contributed by atoms with Gasteiger partial charge in [0.1, 0.15) is 0 Å². The summed E-state index contributed by atoms with van der Waals surface area (Å²) in [4.78, 5) is 36.9. The first-order valence-electron chi connectivity index (χ1n) is 7.55. The Labute approximate surface area is 136 Å². The topological polar surface area (TPSA) is 130 Å². The molecule has 0 fully saturated rings. The van der Waals surface area contributed by atoms with Crippen LogP contribution in [0.1, 0.15) is 13.8 Å². The van der Waals surface area contributed by atoms with E-state index < -0.39 is 17.9 Å². The smallest absolute Gasteiger partial charge is 0.0555 e. The lowest BCUT2D eigenvalue weighted by molar-refractivity contribution is -0.308. The molecule has 0 aliphatic heterocycles. The molecule has 0 radical (unpaired) electrons. The average molecular weight is 330 g/mol. The predicted octanol–water partition coefficient (Wildman–Crippen LogP) is -4.82. The molecule has 0 aliphatic rings. The van der Waals surface area contributed by atoms with Gasteiger partial charge >= 0.3 is 0 Å². The predicted molar refractivity (Wildman–Crippen MR) is 75.7 cm³/mol. The van der Waals surface area contributed by atoms with Gasteiger partial charge < -0.3 is 29.7 Å². The highest BCUT2D eigenvalue weighted by Gasteiger charge is 2.11. The van der Waals surface area contributed by atoms with Crippen molar-refractivity contribution in [3.63, 3.8) is 0 Å². The van der Waals surface area contributed by atoms with E-state index in [0.29, 0.717) is 39.3 Å². The van der Waals surface area contributed by atoms with Crippen LogP contribution in [0.2, 0.25) is 0 Å². The van der Waals surface area contributed by atoms with Crippen LogP contribution >= 0.6 is 0 Å². The molecule has 0 aromatic rings. The Kier molecular flexibility index (Phi) is 10.9. The Morgan fingerprint density at radius 1 is 0.609 bits per heavy atom. The number of carboxylic acid groups (broad SMARTS) is 3. The second-order valence-corrected chi connectivity index (χ2v) is 5.13. The van der Waals surface area contributed by atoms with E-state index in [1.807, 2.05) is 0 Å². The third-order valence-electron chi connectivity index (χ3n) is 3.42. The third-order valence-corrected chi connectivity index (χ3v) is 3.42. The van der Waals surface area contributed by atoms with Gasteiger partial charge in [0.2, 0.25) is 0 Å². The number of nitrogens with zero attached hydrogens (tertiary/aromatic N) is 3. The van der Waals surface area contributed by atoms with Gasteiger partial charge in [-0.15, -0.1) is 0 Å². The van der Waals surface area contributed by atoms with Gasteiger partial charge in [-0.1, -0.05) is 13.8 Å². The SMILES string of the molecule is CCN(CCN(CCN(CC)CC(=O)[O-])CC(=O)[O-])CC(=O)[O-]. The van der Waals surface area contributed by atoms with Crippen LogP contribution in [0.3, 0.4) is 0 Å². The first kappa shape index (κ1) is 21.3. The molecule has 0 aromatic heterocycles. The standard InChI is InChI=1S/C14H27N3O6/c1-3-15(9-12(18)19)5-7-17(11-14(22)23)8-6-16(4-2)10-13(20)21/h3-11H2,1-2H3,(H,18,19)(H,20,21)(H,22,23)/p-3. The van der Waals surface area contributed by atoms with E-state index in [2.05, 4.69) is 0 Å². The summed E-state index contributed by atoms with van der Waals surface area (Å²) in [5, 5.41) is 32.0. The average Bonchev–Trinajstić information content (AvgIpc) is 2.45. The lowest BCUT2D eigenvalue weighted by atomic mass is 10.3. The van der Waals surface area contributed by atoms with Gasteiger partial charge in [-0.2, -0.15) is 0 Å². The largest absolute Gasteiger partial charge is 0.549 e. The fourth-order valence-electron chi connectivity index (χ4n) is 2.08. The molecule has 0 saturated heterocycles. The molecule has 134 valence electrons. The van der Waals surface area contributed by atoms with Crippen LogP contribution in [0.25, 0.3) is 0 Å². The normalized spacial score (nSPS) is 11.3. The molecule has 0 saturated carbocycles. The molecule has 0 heterocycles. The molecule has 0 spiro atoms. The van der Waals surface area contributed by atoms with Crippen molar-refractivity contribution in [1.82, 2.24) is 14.7 Å². The summed E-state index contributed by atoms with van der Waals surface area (Å²) >= 11 is 0. The second kappa shape index (κ2) is 11.8. The highest BCUT2D eigenvalue weighted by atomic mass is 16.4. The number of hydrogen-bond donors (Lipinski definition) is 0. The van der Waals surface area contributed by atoms with Crippen LogP contribution < -0.4 is 15.3 Å². The minimum Gasteiger partial charge on any atom is -0.549 e. The quantitative estimate of drug-likeness (QED) is 0.308. The maximum Gasteiger partial charge on any atom is 0.0555 e. The number of carboxylic acids is 3. The molecule has 0 amide bonds. The van der Waals surface area contributed by atoms with Gasteiger partial charge in [0, 0.05) is 45.8 Å². The van der Waals surface area contributed by atoms with Crippen molar-refractivity contribution in [2.75, 3.05) is 58.9 Å². The molecule has 0 atom stereocenters. The Bertz CT molecular complexity index is 363. The Hall–Kier alpha value is -1.71. The van der Waals surface area contributed by atoms with Crippen LogP contribution in [0.5, 0.6) is 0 Å². The number of rotatable bonds is 14. The number of hydrogen-bond acceptors (Lipinski definition) is 9. The highest BCUT2D eigenvalue weighted by Crippen LogP contribution is 1.95. The molecule has 9 nitrogen and oxygen atoms in total. The molecule has 0 aromatic carbocycles. The van der Waals surface area contributed by atoms with Gasteiger partial charge in [0.05, 0.1) is 17.9 Å². The number of carbonyl (C=O) groups excluding carboxylic acids is 3.